The Bertz CT molecular complexity index is 238. The molecule has 0 radical (unpaired) electrons. The Morgan fingerprint density at radius 2 is 2.00 bits per heavy atom. The number of hydrogen-bond acceptors (Lipinski definition) is 2. The molecule has 0 fully saturated rings. The number of anilines is 1. The number of benzene rings is 1. The van der Waals surface area contributed by atoms with Crippen molar-refractivity contribution in [3.8, 4) is 5.75 Å². The SMILES string of the molecule is COc1ccc(C)cc1N.Cl. The molecular weight excluding hydrogens is 162 g/mol. The average Bonchev–Trinajstić information content (AvgIpc) is 1.88. The lowest BCUT2D eigenvalue weighted by Gasteiger charge is -2.03. The lowest BCUT2D eigenvalue weighted by molar-refractivity contribution is 0.417. The largest absolute Gasteiger partial charge is 0.495 e. The molecule has 1 aromatic carbocycles. The molecule has 0 aliphatic carbocycles. The molecule has 3 heteroatoms. The molecule has 0 aliphatic heterocycles. The van der Waals surface area contributed by atoms with Crippen molar-refractivity contribution in [2.75, 3.05) is 12.8 Å². The first kappa shape index (κ1) is 10.1. The van der Waals surface area contributed by atoms with Gasteiger partial charge in [0.25, 0.3) is 0 Å². The zero-order valence-electron chi connectivity index (χ0n) is 6.63. The number of nitrogens with two attached hydrogens (primary N) is 1. The monoisotopic (exact) mass is 173 g/mol. The second kappa shape index (κ2) is 4.09. The van der Waals surface area contributed by atoms with Gasteiger partial charge in [0.05, 0.1) is 12.8 Å². The van der Waals surface area contributed by atoms with Crippen LogP contribution in [-0.2, 0) is 0 Å². The molecule has 2 N–H and O–H groups in total. The molecule has 0 amide bonds. The molecule has 62 valence electrons. The van der Waals surface area contributed by atoms with Crippen LogP contribution in [0.25, 0.3) is 0 Å². The fourth-order valence-electron chi connectivity index (χ4n) is 0.854. The summed E-state index contributed by atoms with van der Waals surface area (Å²) in [6.45, 7) is 2.00. The van der Waals surface area contributed by atoms with E-state index in [4.69, 9.17) is 10.5 Å². The highest BCUT2D eigenvalue weighted by molar-refractivity contribution is 5.85. The van der Waals surface area contributed by atoms with Crippen molar-refractivity contribution < 1.29 is 4.74 Å². The van der Waals surface area contributed by atoms with Gasteiger partial charge in [-0.15, -0.1) is 12.4 Å². The molecule has 0 spiro atoms. The summed E-state index contributed by atoms with van der Waals surface area (Å²) in [5.41, 5.74) is 7.45. The first-order valence-corrected chi connectivity index (χ1v) is 3.14. The molecule has 0 unspecified atom stereocenters. The molecule has 0 bridgehead atoms. The van der Waals surface area contributed by atoms with Crippen LogP contribution in [0.4, 0.5) is 5.69 Å². The van der Waals surface area contributed by atoms with E-state index < -0.39 is 0 Å². The van der Waals surface area contributed by atoms with E-state index >= 15 is 0 Å². The van der Waals surface area contributed by atoms with Gasteiger partial charge in [0, 0.05) is 0 Å². The van der Waals surface area contributed by atoms with E-state index in [1.165, 1.54) is 0 Å². The van der Waals surface area contributed by atoms with Crippen molar-refractivity contribution in [3.63, 3.8) is 0 Å². The Balaban J connectivity index is 0.000001000. The van der Waals surface area contributed by atoms with Gasteiger partial charge in [-0.25, -0.2) is 0 Å². The maximum absolute atomic E-state index is 5.61. The Morgan fingerprint density at radius 3 is 2.45 bits per heavy atom. The fraction of sp³-hybridized carbons (Fsp3) is 0.250. The molecule has 0 saturated heterocycles. The third-order valence-electron chi connectivity index (χ3n) is 1.39. The minimum absolute atomic E-state index is 0. The van der Waals surface area contributed by atoms with Gasteiger partial charge in [-0.05, 0) is 24.6 Å². The maximum atomic E-state index is 5.61. The first-order chi connectivity index (χ1) is 4.74. The summed E-state index contributed by atoms with van der Waals surface area (Å²) in [7, 11) is 1.61. The molecule has 0 saturated carbocycles. The van der Waals surface area contributed by atoms with E-state index in [1.807, 2.05) is 25.1 Å². The molecule has 0 aliphatic rings. The van der Waals surface area contributed by atoms with Crippen LogP contribution in [0.15, 0.2) is 18.2 Å². The molecule has 11 heavy (non-hydrogen) atoms. The number of ether oxygens (including phenoxy) is 1. The molecule has 0 heterocycles. The average molecular weight is 174 g/mol. The van der Waals surface area contributed by atoms with E-state index in [-0.39, 0.29) is 12.4 Å². The van der Waals surface area contributed by atoms with Crippen LogP contribution in [0.2, 0.25) is 0 Å². The minimum atomic E-state index is 0. The Morgan fingerprint density at radius 1 is 1.36 bits per heavy atom. The van der Waals surface area contributed by atoms with Crippen LogP contribution in [0.3, 0.4) is 0 Å². The van der Waals surface area contributed by atoms with E-state index in [0.29, 0.717) is 5.69 Å². The van der Waals surface area contributed by atoms with Crippen molar-refractivity contribution >= 4 is 18.1 Å². The Labute approximate surface area is 72.8 Å². The molecule has 1 aromatic rings. The summed E-state index contributed by atoms with van der Waals surface area (Å²) >= 11 is 0. The third-order valence-corrected chi connectivity index (χ3v) is 1.39. The van der Waals surface area contributed by atoms with E-state index in [2.05, 4.69) is 0 Å². The number of methoxy groups -OCH3 is 1. The molecule has 0 atom stereocenters. The van der Waals surface area contributed by atoms with Gasteiger partial charge >= 0.3 is 0 Å². The van der Waals surface area contributed by atoms with Crippen molar-refractivity contribution in [1.29, 1.82) is 0 Å². The summed E-state index contributed by atoms with van der Waals surface area (Å²) in [6, 6.07) is 5.72. The highest BCUT2D eigenvalue weighted by Crippen LogP contribution is 2.20. The van der Waals surface area contributed by atoms with Crippen LogP contribution in [0.1, 0.15) is 5.56 Å². The number of rotatable bonds is 1. The lowest BCUT2D eigenvalue weighted by atomic mass is 10.2. The van der Waals surface area contributed by atoms with Gasteiger partial charge in [0.15, 0.2) is 0 Å². The van der Waals surface area contributed by atoms with Gasteiger partial charge in [-0.2, -0.15) is 0 Å². The summed E-state index contributed by atoms with van der Waals surface area (Å²) in [4.78, 5) is 0. The number of hydrogen-bond donors (Lipinski definition) is 1. The van der Waals surface area contributed by atoms with Crippen molar-refractivity contribution in [1.82, 2.24) is 0 Å². The van der Waals surface area contributed by atoms with Crippen LogP contribution < -0.4 is 10.5 Å². The Kier molecular flexibility index (Phi) is 3.76. The summed E-state index contributed by atoms with van der Waals surface area (Å²) in [5, 5.41) is 0. The van der Waals surface area contributed by atoms with E-state index in [1.54, 1.807) is 7.11 Å². The molecular formula is C8H12ClNO. The van der Waals surface area contributed by atoms with Crippen molar-refractivity contribution in [2.45, 2.75) is 6.92 Å². The zero-order valence-corrected chi connectivity index (χ0v) is 7.44. The summed E-state index contributed by atoms with van der Waals surface area (Å²) < 4.78 is 4.97. The number of aryl methyl sites for hydroxylation is 1. The van der Waals surface area contributed by atoms with Crippen LogP contribution in [0, 0.1) is 6.92 Å². The van der Waals surface area contributed by atoms with Crippen molar-refractivity contribution in [2.24, 2.45) is 0 Å². The highest BCUT2D eigenvalue weighted by Gasteiger charge is 1.95. The number of nitrogen functional groups attached to an aromatic ring is 1. The Hall–Kier alpha value is -0.890. The minimum Gasteiger partial charge on any atom is -0.495 e. The molecule has 2 nitrogen and oxygen atoms in total. The highest BCUT2D eigenvalue weighted by atomic mass is 35.5. The van der Waals surface area contributed by atoms with Gasteiger partial charge in [0.2, 0.25) is 0 Å². The maximum Gasteiger partial charge on any atom is 0.141 e. The second-order valence-corrected chi connectivity index (χ2v) is 2.25. The predicted octanol–water partition coefficient (Wildman–Crippen LogP) is 2.01. The summed E-state index contributed by atoms with van der Waals surface area (Å²) in [5.74, 6) is 0.741. The van der Waals surface area contributed by atoms with Crippen LogP contribution >= 0.6 is 12.4 Å². The van der Waals surface area contributed by atoms with E-state index in [9.17, 15) is 0 Å². The van der Waals surface area contributed by atoms with Crippen LogP contribution in [-0.4, -0.2) is 7.11 Å². The third kappa shape index (κ3) is 2.31. The lowest BCUT2D eigenvalue weighted by Crippen LogP contribution is -1.91. The normalized spacial score (nSPS) is 8.55. The zero-order chi connectivity index (χ0) is 7.56. The fourth-order valence-corrected chi connectivity index (χ4v) is 0.854. The molecule has 1 rings (SSSR count). The standard InChI is InChI=1S/C8H11NO.ClH/c1-6-3-4-8(10-2)7(9)5-6;/h3-5H,9H2,1-2H3;1H. The predicted molar refractivity (Wildman–Crippen MR) is 49.4 cm³/mol. The quantitative estimate of drug-likeness (QED) is 0.660. The van der Waals surface area contributed by atoms with Crippen molar-refractivity contribution in [3.05, 3.63) is 23.8 Å². The van der Waals surface area contributed by atoms with E-state index in [0.717, 1.165) is 11.3 Å². The van der Waals surface area contributed by atoms with Gasteiger partial charge in [-0.1, -0.05) is 6.07 Å². The molecule has 0 aromatic heterocycles. The van der Waals surface area contributed by atoms with Gasteiger partial charge in [0.1, 0.15) is 5.75 Å². The van der Waals surface area contributed by atoms with Gasteiger partial charge < -0.3 is 10.5 Å². The van der Waals surface area contributed by atoms with Crippen LogP contribution in [0.5, 0.6) is 5.75 Å². The van der Waals surface area contributed by atoms with Gasteiger partial charge in [-0.3, -0.25) is 0 Å². The second-order valence-electron chi connectivity index (χ2n) is 2.25. The summed E-state index contributed by atoms with van der Waals surface area (Å²) in [6.07, 6.45) is 0. The smallest absolute Gasteiger partial charge is 0.141 e. The number of halogens is 1. The topological polar surface area (TPSA) is 35.2 Å². The first-order valence-electron chi connectivity index (χ1n) is 3.14.